The van der Waals surface area contributed by atoms with Gasteiger partial charge < -0.3 is 4.74 Å². The van der Waals surface area contributed by atoms with Crippen LogP contribution < -0.4 is 9.46 Å². The molecule has 96 valence electrons. The van der Waals surface area contributed by atoms with Crippen LogP contribution in [0.1, 0.15) is 13.3 Å². The molecule has 4 nitrogen and oxygen atoms in total. The molecular weight excluding hydrogens is 245 g/mol. The molecule has 0 heterocycles. The molecule has 1 aromatic carbocycles. The van der Waals surface area contributed by atoms with Crippen LogP contribution in [0.15, 0.2) is 24.3 Å². The topological polar surface area (TPSA) is 55.4 Å². The predicted molar refractivity (Wildman–Crippen MR) is 64.0 cm³/mol. The molecule has 0 aliphatic heterocycles. The number of benzene rings is 1. The lowest BCUT2D eigenvalue weighted by molar-refractivity contribution is 0.311. The molecule has 0 saturated carbocycles. The molecule has 0 aliphatic rings. The predicted octanol–water partition coefficient (Wildman–Crippen LogP) is 1.53. The smallest absolute Gasteiger partial charge is 0.211 e. The van der Waals surface area contributed by atoms with Gasteiger partial charge >= 0.3 is 0 Å². The number of rotatable bonds is 7. The lowest BCUT2D eigenvalue weighted by Gasteiger charge is -2.06. The average Bonchev–Trinajstić information content (AvgIpc) is 2.31. The monoisotopic (exact) mass is 261 g/mol. The molecule has 0 unspecified atom stereocenters. The summed E-state index contributed by atoms with van der Waals surface area (Å²) in [6.07, 6.45) is 0.566. The molecule has 0 amide bonds. The number of ether oxygens (including phenoxy) is 1. The van der Waals surface area contributed by atoms with Crippen LogP contribution >= 0.6 is 0 Å². The molecule has 0 spiro atoms. The number of halogens is 1. The van der Waals surface area contributed by atoms with Crippen molar-refractivity contribution >= 4 is 10.0 Å². The third-order valence-electron chi connectivity index (χ3n) is 2.11. The van der Waals surface area contributed by atoms with Gasteiger partial charge in [0.2, 0.25) is 10.0 Å². The van der Waals surface area contributed by atoms with Crippen LogP contribution in [0, 0.1) is 5.82 Å². The molecule has 0 aliphatic carbocycles. The molecule has 0 aromatic heterocycles. The molecule has 0 bridgehead atoms. The van der Waals surface area contributed by atoms with E-state index in [9.17, 15) is 12.8 Å². The quantitative estimate of drug-likeness (QED) is 0.757. The van der Waals surface area contributed by atoms with Crippen molar-refractivity contribution in [2.75, 3.05) is 18.9 Å². The van der Waals surface area contributed by atoms with Crippen LogP contribution in [0.5, 0.6) is 5.75 Å². The van der Waals surface area contributed by atoms with Gasteiger partial charge in [0.1, 0.15) is 11.6 Å². The molecule has 1 rings (SSSR count). The number of nitrogens with one attached hydrogen (secondary N) is 1. The van der Waals surface area contributed by atoms with Crippen LogP contribution in [0.2, 0.25) is 0 Å². The maximum absolute atomic E-state index is 12.6. The second-order valence-electron chi connectivity index (χ2n) is 3.45. The highest BCUT2D eigenvalue weighted by molar-refractivity contribution is 7.89. The van der Waals surface area contributed by atoms with Crippen molar-refractivity contribution in [3.05, 3.63) is 30.1 Å². The van der Waals surface area contributed by atoms with Gasteiger partial charge in [0.15, 0.2) is 0 Å². The summed E-state index contributed by atoms with van der Waals surface area (Å²) in [6.45, 7) is 2.31. The Kier molecular flexibility index (Phi) is 5.37. The van der Waals surface area contributed by atoms with E-state index >= 15 is 0 Å². The maximum Gasteiger partial charge on any atom is 0.211 e. The van der Waals surface area contributed by atoms with E-state index in [0.717, 1.165) is 0 Å². The van der Waals surface area contributed by atoms with Gasteiger partial charge in [-0.2, -0.15) is 0 Å². The molecule has 0 radical (unpaired) electrons. The molecule has 0 atom stereocenters. The number of hydrogen-bond donors (Lipinski definition) is 1. The summed E-state index contributed by atoms with van der Waals surface area (Å²) < 4.78 is 42.5. The van der Waals surface area contributed by atoms with Gasteiger partial charge in [0.05, 0.1) is 12.4 Å². The Morgan fingerprint density at radius 2 is 1.94 bits per heavy atom. The minimum absolute atomic E-state index is 0.0752. The van der Waals surface area contributed by atoms with Crippen molar-refractivity contribution in [2.45, 2.75) is 13.3 Å². The highest BCUT2D eigenvalue weighted by Crippen LogP contribution is 2.10. The van der Waals surface area contributed by atoms with E-state index in [-0.39, 0.29) is 11.6 Å². The summed E-state index contributed by atoms with van der Waals surface area (Å²) in [7, 11) is -3.13. The molecule has 1 aromatic rings. The average molecular weight is 261 g/mol. The molecule has 6 heteroatoms. The Morgan fingerprint density at radius 1 is 1.29 bits per heavy atom. The lowest BCUT2D eigenvalue weighted by atomic mass is 10.3. The first-order valence-electron chi connectivity index (χ1n) is 5.39. The normalized spacial score (nSPS) is 11.4. The maximum atomic E-state index is 12.6. The zero-order chi connectivity index (χ0) is 12.7. The summed E-state index contributed by atoms with van der Waals surface area (Å²) in [5, 5.41) is 0. The van der Waals surface area contributed by atoms with Crippen LogP contribution in [-0.4, -0.2) is 27.3 Å². The first-order valence-corrected chi connectivity index (χ1v) is 7.04. The fourth-order valence-corrected chi connectivity index (χ4v) is 1.78. The Bertz CT molecular complexity index is 431. The van der Waals surface area contributed by atoms with Crippen LogP contribution in [0.4, 0.5) is 4.39 Å². The number of sulfonamides is 1. The van der Waals surface area contributed by atoms with Gasteiger partial charge in [0.25, 0.3) is 0 Å². The lowest BCUT2D eigenvalue weighted by Crippen LogP contribution is -2.27. The fraction of sp³-hybridized carbons (Fsp3) is 0.455. The molecular formula is C11H16FNO3S. The van der Waals surface area contributed by atoms with Gasteiger partial charge in [-0.05, 0) is 37.6 Å². The minimum Gasteiger partial charge on any atom is -0.494 e. The van der Waals surface area contributed by atoms with Crippen molar-refractivity contribution in [2.24, 2.45) is 0 Å². The van der Waals surface area contributed by atoms with Gasteiger partial charge in [-0.1, -0.05) is 0 Å². The first-order chi connectivity index (χ1) is 8.03. The standard InChI is InChI=1S/C11H16FNO3S/c1-2-17(14,15)13-8-3-9-16-11-6-4-10(12)5-7-11/h4-7,13H,2-3,8-9H2,1H3. The Labute approximate surface area is 101 Å². The van der Waals surface area contributed by atoms with Crippen molar-refractivity contribution in [1.82, 2.24) is 4.72 Å². The summed E-state index contributed by atoms with van der Waals surface area (Å²) in [6, 6.07) is 5.70. The molecule has 0 fully saturated rings. The Balaban J connectivity index is 2.19. The third kappa shape index (κ3) is 5.65. The minimum atomic E-state index is -3.13. The highest BCUT2D eigenvalue weighted by atomic mass is 32.2. The molecule has 1 N–H and O–H groups in total. The summed E-state index contributed by atoms with van der Waals surface area (Å²) in [4.78, 5) is 0. The SMILES string of the molecule is CCS(=O)(=O)NCCCOc1ccc(F)cc1. The van der Waals surface area contributed by atoms with Gasteiger partial charge in [-0.15, -0.1) is 0 Å². The summed E-state index contributed by atoms with van der Waals surface area (Å²) in [5.41, 5.74) is 0. The first kappa shape index (κ1) is 13.9. The fourth-order valence-electron chi connectivity index (χ4n) is 1.12. The summed E-state index contributed by atoms with van der Waals surface area (Å²) in [5.74, 6) is 0.337. The second-order valence-corrected chi connectivity index (χ2v) is 5.55. The van der Waals surface area contributed by atoms with E-state index in [4.69, 9.17) is 4.74 Å². The zero-order valence-corrected chi connectivity index (χ0v) is 10.5. The highest BCUT2D eigenvalue weighted by Gasteiger charge is 2.04. The van der Waals surface area contributed by atoms with Crippen molar-refractivity contribution in [3.63, 3.8) is 0 Å². The number of hydrogen-bond acceptors (Lipinski definition) is 3. The van der Waals surface area contributed by atoms with Gasteiger partial charge in [0, 0.05) is 6.54 Å². The van der Waals surface area contributed by atoms with E-state index in [1.807, 2.05) is 0 Å². The third-order valence-corrected chi connectivity index (χ3v) is 3.51. The molecule has 17 heavy (non-hydrogen) atoms. The van der Waals surface area contributed by atoms with Gasteiger partial charge in [-0.3, -0.25) is 0 Å². The van der Waals surface area contributed by atoms with Gasteiger partial charge in [-0.25, -0.2) is 17.5 Å². The van der Waals surface area contributed by atoms with E-state index in [2.05, 4.69) is 4.72 Å². The van der Waals surface area contributed by atoms with Crippen molar-refractivity contribution < 1.29 is 17.5 Å². The van der Waals surface area contributed by atoms with Crippen molar-refractivity contribution in [1.29, 1.82) is 0 Å². The second kappa shape index (κ2) is 6.56. The van der Waals surface area contributed by atoms with Crippen molar-refractivity contribution in [3.8, 4) is 5.75 Å². The van der Waals surface area contributed by atoms with Crippen LogP contribution in [0.25, 0.3) is 0 Å². The molecule has 0 saturated heterocycles. The Hall–Kier alpha value is -1.14. The van der Waals surface area contributed by atoms with E-state index < -0.39 is 10.0 Å². The van der Waals surface area contributed by atoms with Crippen LogP contribution in [0.3, 0.4) is 0 Å². The Morgan fingerprint density at radius 3 is 2.53 bits per heavy atom. The summed E-state index contributed by atoms with van der Waals surface area (Å²) >= 11 is 0. The van der Waals surface area contributed by atoms with E-state index in [1.54, 1.807) is 6.92 Å². The largest absolute Gasteiger partial charge is 0.494 e. The van der Waals surface area contributed by atoms with E-state index in [1.165, 1.54) is 24.3 Å². The zero-order valence-electron chi connectivity index (χ0n) is 9.65. The van der Waals surface area contributed by atoms with Crippen LogP contribution in [-0.2, 0) is 10.0 Å². The van der Waals surface area contributed by atoms with E-state index in [0.29, 0.717) is 25.3 Å².